The molecule has 1 aromatic carbocycles. The summed E-state index contributed by atoms with van der Waals surface area (Å²) in [5.41, 5.74) is -0.154. The third-order valence-electron chi connectivity index (χ3n) is 19.4. The molecular formula is C49H70N2O5. The lowest BCUT2D eigenvalue weighted by atomic mass is 9.32. The number of esters is 1. The number of carbonyl (C=O) groups is 3. The highest BCUT2D eigenvalue weighted by molar-refractivity contribution is 5.81. The van der Waals surface area contributed by atoms with Gasteiger partial charge in [0.2, 0.25) is 5.91 Å². The van der Waals surface area contributed by atoms with Crippen LogP contribution >= 0.6 is 0 Å². The Hall–Kier alpha value is -2.88. The van der Waals surface area contributed by atoms with Crippen LogP contribution in [-0.2, 0) is 24.7 Å². The number of carbonyl (C=O) groups excluding carboxylic acids is 2. The van der Waals surface area contributed by atoms with E-state index in [-0.39, 0.29) is 40.1 Å². The Morgan fingerprint density at radius 3 is 2.11 bits per heavy atom. The second-order valence-electron chi connectivity index (χ2n) is 22.6. The minimum absolute atomic E-state index is 0.0495. The van der Waals surface area contributed by atoms with Gasteiger partial charge in [0.15, 0.2) is 0 Å². The second kappa shape index (κ2) is 13.3. The molecule has 1 aliphatic heterocycles. The SMILES string of the molecule is [C-]#[N+]C1(c2ccccc2)CCN(C(=O)[C@H]2C[C@]3(C)[C@H](CC[C@@H]4[C@@]5(C)CC[C@H](OC(=O)CC(C)(C)C(=O)O)C(C)(C)[C@@H]5CC[C@]43C)[C@@H]3C2CC[C@H]3C2(C)CC2)CC1. The summed E-state index contributed by atoms with van der Waals surface area (Å²) in [5, 5.41) is 9.67. The number of hydrogen-bond acceptors (Lipinski definition) is 4. The number of nitrogens with zero attached hydrogens (tertiary/aromatic N) is 2. The van der Waals surface area contributed by atoms with Gasteiger partial charge in [-0.2, -0.15) is 0 Å². The Kier molecular flexibility index (Phi) is 9.50. The van der Waals surface area contributed by atoms with Crippen molar-refractivity contribution < 1.29 is 24.2 Å². The summed E-state index contributed by atoms with van der Waals surface area (Å²) in [6.45, 7) is 27.8. The minimum atomic E-state index is -1.16. The van der Waals surface area contributed by atoms with E-state index in [0.29, 0.717) is 72.8 Å². The highest BCUT2D eigenvalue weighted by Gasteiger charge is 2.72. The van der Waals surface area contributed by atoms with Gasteiger partial charge in [-0.1, -0.05) is 71.9 Å². The van der Waals surface area contributed by atoms with Crippen LogP contribution in [0.5, 0.6) is 0 Å². The van der Waals surface area contributed by atoms with Gasteiger partial charge in [-0.3, -0.25) is 14.4 Å². The van der Waals surface area contributed by atoms with Gasteiger partial charge in [0.05, 0.1) is 11.8 Å². The molecule has 6 saturated carbocycles. The number of aliphatic carboxylic acids is 1. The number of ether oxygens (including phenoxy) is 1. The molecule has 11 atom stereocenters. The Bertz CT molecular complexity index is 1770. The van der Waals surface area contributed by atoms with Gasteiger partial charge >= 0.3 is 11.9 Å². The summed E-state index contributed by atoms with van der Waals surface area (Å²) in [4.78, 5) is 46.6. The lowest BCUT2D eigenvalue weighted by Crippen LogP contribution is -2.67. The first kappa shape index (κ1) is 39.9. The van der Waals surface area contributed by atoms with Crippen molar-refractivity contribution in [3.63, 3.8) is 0 Å². The molecule has 8 rings (SSSR count). The van der Waals surface area contributed by atoms with Crippen LogP contribution < -0.4 is 0 Å². The summed E-state index contributed by atoms with van der Waals surface area (Å²) >= 11 is 0. The largest absolute Gasteiger partial charge is 0.481 e. The van der Waals surface area contributed by atoms with Crippen LogP contribution in [0.2, 0.25) is 0 Å². The van der Waals surface area contributed by atoms with E-state index in [4.69, 9.17) is 11.3 Å². The van der Waals surface area contributed by atoms with Crippen LogP contribution in [0.25, 0.3) is 4.85 Å². The Morgan fingerprint density at radius 1 is 0.821 bits per heavy atom. The van der Waals surface area contributed by atoms with Crippen molar-refractivity contribution in [3.8, 4) is 0 Å². The van der Waals surface area contributed by atoms with Crippen LogP contribution in [0.1, 0.15) is 151 Å². The standard InChI is InChI=1S/C49H70N2O5/c1-43(2,42(54)55)30-39(52)56-38-20-21-46(6)36(44(38,3)4)19-22-47(7)37(46)18-17-35-40-32(15-16-34(40)45(5)23-24-45)33(29-48(35,47)8)41(53)51-27-25-49(50-9,26-28-51)31-13-11-10-12-14-31/h10-14,32-38,40H,15-30H2,1-8H3,(H,54,55)/t32?,33-,34+,35+,36-,37+,38-,40+,46-,47+,48+/m0/s1. The first-order chi connectivity index (χ1) is 26.3. The van der Waals surface area contributed by atoms with E-state index in [1.807, 2.05) is 18.2 Å². The topological polar surface area (TPSA) is 88.3 Å². The molecule has 1 amide bonds. The third-order valence-corrected chi connectivity index (χ3v) is 19.4. The van der Waals surface area contributed by atoms with E-state index in [1.165, 1.54) is 38.5 Å². The van der Waals surface area contributed by atoms with E-state index in [1.54, 1.807) is 13.8 Å². The van der Waals surface area contributed by atoms with E-state index < -0.39 is 22.9 Å². The molecule has 0 bridgehead atoms. The Labute approximate surface area is 337 Å². The number of carboxylic acid groups (broad SMARTS) is 1. The molecule has 0 aromatic heterocycles. The van der Waals surface area contributed by atoms with Crippen LogP contribution in [-0.4, -0.2) is 47.0 Å². The van der Waals surface area contributed by atoms with E-state index in [9.17, 15) is 14.7 Å². The van der Waals surface area contributed by atoms with Crippen molar-refractivity contribution in [3.05, 3.63) is 47.3 Å². The molecule has 306 valence electrons. The van der Waals surface area contributed by atoms with Gasteiger partial charge in [-0.05, 0) is 142 Å². The highest BCUT2D eigenvalue weighted by atomic mass is 16.5. The van der Waals surface area contributed by atoms with Crippen molar-refractivity contribution in [2.24, 2.45) is 73.9 Å². The van der Waals surface area contributed by atoms with Crippen LogP contribution in [0.15, 0.2) is 30.3 Å². The first-order valence-electron chi connectivity index (χ1n) is 22.4. The van der Waals surface area contributed by atoms with Gasteiger partial charge in [-0.25, -0.2) is 6.57 Å². The molecule has 0 radical (unpaired) electrons. The van der Waals surface area contributed by atoms with Gasteiger partial charge in [0.1, 0.15) is 6.10 Å². The maximum Gasteiger partial charge on any atom is 0.309 e. The Balaban J connectivity index is 1.07. The fourth-order valence-electron chi connectivity index (χ4n) is 15.7. The molecule has 7 nitrogen and oxygen atoms in total. The molecule has 7 fully saturated rings. The van der Waals surface area contributed by atoms with Crippen molar-refractivity contribution in [1.29, 1.82) is 0 Å². The minimum Gasteiger partial charge on any atom is -0.481 e. The maximum atomic E-state index is 15.2. The molecule has 7 aliphatic rings. The van der Waals surface area contributed by atoms with Crippen LogP contribution in [0, 0.1) is 80.5 Å². The van der Waals surface area contributed by atoms with E-state index >= 15 is 4.79 Å². The smallest absolute Gasteiger partial charge is 0.309 e. The molecule has 1 unspecified atom stereocenters. The van der Waals surface area contributed by atoms with Gasteiger partial charge in [-0.15, -0.1) is 0 Å². The van der Waals surface area contributed by atoms with E-state index in [0.717, 1.165) is 37.7 Å². The number of benzene rings is 1. The fraction of sp³-hybridized carbons (Fsp3) is 0.796. The number of fused-ring (bicyclic) bond motifs is 7. The third kappa shape index (κ3) is 5.85. The lowest BCUT2D eigenvalue weighted by Gasteiger charge is -2.72. The molecule has 6 aliphatic carbocycles. The lowest BCUT2D eigenvalue weighted by molar-refractivity contribution is -0.251. The zero-order valence-corrected chi connectivity index (χ0v) is 35.8. The zero-order chi connectivity index (χ0) is 40.3. The van der Waals surface area contributed by atoms with Gasteiger partial charge in [0, 0.05) is 42.8 Å². The van der Waals surface area contributed by atoms with Gasteiger partial charge < -0.3 is 19.6 Å². The number of hydrogen-bond donors (Lipinski definition) is 1. The molecule has 0 spiro atoms. The molecule has 1 N–H and O–H groups in total. The quantitative estimate of drug-likeness (QED) is 0.221. The number of carboxylic acids is 1. The number of amides is 1. The average Bonchev–Trinajstić information content (AvgIpc) is 3.74. The second-order valence-corrected chi connectivity index (χ2v) is 22.6. The van der Waals surface area contributed by atoms with E-state index in [2.05, 4.69) is 63.4 Å². The van der Waals surface area contributed by atoms with Crippen LogP contribution in [0.3, 0.4) is 0 Å². The number of rotatable bonds is 7. The maximum absolute atomic E-state index is 15.2. The van der Waals surface area contributed by atoms with Crippen LogP contribution in [0.4, 0.5) is 0 Å². The fourth-order valence-corrected chi connectivity index (χ4v) is 15.7. The Morgan fingerprint density at radius 2 is 1.48 bits per heavy atom. The molecule has 1 saturated heterocycles. The predicted molar refractivity (Wildman–Crippen MR) is 218 cm³/mol. The summed E-state index contributed by atoms with van der Waals surface area (Å²) < 4.78 is 6.23. The molecular weight excluding hydrogens is 697 g/mol. The number of piperidine rings is 1. The average molecular weight is 767 g/mol. The summed E-state index contributed by atoms with van der Waals surface area (Å²) in [5.74, 6) is 2.40. The molecule has 56 heavy (non-hydrogen) atoms. The normalized spacial score (nSPS) is 41.8. The molecule has 1 heterocycles. The molecule has 7 heteroatoms. The van der Waals surface area contributed by atoms with Crippen molar-refractivity contribution in [1.82, 2.24) is 4.90 Å². The van der Waals surface area contributed by atoms with Crippen molar-refractivity contribution in [2.45, 2.75) is 157 Å². The molecule has 1 aromatic rings. The van der Waals surface area contributed by atoms with Crippen molar-refractivity contribution >= 4 is 17.8 Å². The summed E-state index contributed by atoms with van der Waals surface area (Å²) in [6.07, 6.45) is 13.7. The summed E-state index contributed by atoms with van der Waals surface area (Å²) in [6, 6.07) is 10.3. The number of likely N-dealkylation sites (tertiary alicyclic amines) is 1. The predicted octanol–water partition coefficient (Wildman–Crippen LogP) is 10.6. The highest BCUT2D eigenvalue weighted by Crippen LogP contribution is 2.78. The summed E-state index contributed by atoms with van der Waals surface area (Å²) in [7, 11) is 0. The monoisotopic (exact) mass is 767 g/mol. The van der Waals surface area contributed by atoms with Crippen molar-refractivity contribution in [2.75, 3.05) is 13.1 Å². The zero-order valence-electron chi connectivity index (χ0n) is 35.8. The first-order valence-corrected chi connectivity index (χ1v) is 22.4. The van der Waals surface area contributed by atoms with Gasteiger partial charge in [0.25, 0.3) is 5.54 Å².